The van der Waals surface area contributed by atoms with Gasteiger partial charge in [0.25, 0.3) is 0 Å². The lowest BCUT2D eigenvalue weighted by molar-refractivity contribution is 0.0449. The Hall–Kier alpha value is -0.880. The van der Waals surface area contributed by atoms with Crippen molar-refractivity contribution in [3.05, 3.63) is 23.7 Å². The van der Waals surface area contributed by atoms with Gasteiger partial charge in [0.1, 0.15) is 24.7 Å². The van der Waals surface area contributed by atoms with E-state index in [0.29, 0.717) is 38.8 Å². The quantitative estimate of drug-likeness (QED) is 0.629. The number of methoxy groups -OCH3 is 1. The molecule has 0 aliphatic carbocycles. The first-order chi connectivity index (χ1) is 8.36. The fraction of sp³-hybridized carbons (Fsp3) is 0.667. The van der Waals surface area contributed by atoms with Crippen LogP contribution in [0.15, 0.2) is 16.5 Å². The number of rotatable bonds is 10. The summed E-state index contributed by atoms with van der Waals surface area (Å²) in [6, 6.07) is 3.55. The summed E-state index contributed by atoms with van der Waals surface area (Å²) >= 11 is 0. The van der Waals surface area contributed by atoms with E-state index in [-0.39, 0.29) is 6.61 Å². The van der Waals surface area contributed by atoms with E-state index in [1.54, 1.807) is 19.2 Å². The van der Waals surface area contributed by atoms with Gasteiger partial charge in [-0.15, -0.1) is 0 Å². The normalized spacial score (nSPS) is 10.9. The lowest BCUT2D eigenvalue weighted by Gasteiger charge is -2.04. The average molecular weight is 244 g/mol. The lowest BCUT2D eigenvalue weighted by Crippen LogP contribution is -2.05. The third-order valence-corrected chi connectivity index (χ3v) is 2.13. The highest BCUT2D eigenvalue weighted by Crippen LogP contribution is 2.08. The maximum atomic E-state index is 8.80. The van der Waals surface area contributed by atoms with Gasteiger partial charge < -0.3 is 23.7 Å². The second-order valence-electron chi connectivity index (χ2n) is 3.54. The van der Waals surface area contributed by atoms with Crippen LogP contribution in [0, 0.1) is 0 Å². The van der Waals surface area contributed by atoms with Gasteiger partial charge in [-0.25, -0.2) is 0 Å². The van der Waals surface area contributed by atoms with E-state index in [0.717, 1.165) is 12.2 Å². The Labute approximate surface area is 101 Å². The monoisotopic (exact) mass is 244 g/mol. The molecule has 17 heavy (non-hydrogen) atoms. The fourth-order valence-electron chi connectivity index (χ4n) is 1.27. The maximum Gasteiger partial charge on any atom is 0.129 e. The molecule has 0 atom stereocenters. The molecule has 0 saturated carbocycles. The van der Waals surface area contributed by atoms with E-state index in [4.69, 9.17) is 23.7 Å². The topological polar surface area (TPSA) is 61.1 Å². The molecule has 0 aliphatic heterocycles. The van der Waals surface area contributed by atoms with Gasteiger partial charge in [-0.05, 0) is 18.6 Å². The third-order valence-electron chi connectivity index (χ3n) is 2.13. The molecule has 5 heteroatoms. The molecule has 0 fully saturated rings. The smallest absolute Gasteiger partial charge is 0.129 e. The summed E-state index contributed by atoms with van der Waals surface area (Å²) in [4.78, 5) is 0. The van der Waals surface area contributed by atoms with E-state index >= 15 is 0 Å². The van der Waals surface area contributed by atoms with Gasteiger partial charge in [-0.3, -0.25) is 0 Å². The van der Waals surface area contributed by atoms with Crippen molar-refractivity contribution in [1.82, 2.24) is 0 Å². The van der Waals surface area contributed by atoms with Crippen molar-refractivity contribution in [3.8, 4) is 0 Å². The van der Waals surface area contributed by atoms with Crippen LogP contribution in [0.2, 0.25) is 0 Å². The molecular weight excluding hydrogens is 224 g/mol. The number of ether oxygens (including phenoxy) is 3. The molecule has 0 aliphatic rings. The van der Waals surface area contributed by atoms with Gasteiger partial charge in [0.05, 0.1) is 13.2 Å². The van der Waals surface area contributed by atoms with Crippen molar-refractivity contribution in [3.63, 3.8) is 0 Å². The van der Waals surface area contributed by atoms with E-state index in [2.05, 4.69) is 0 Å². The zero-order valence-electron chi connectivity index (χ0n) is 10.2. The van der Waals surface area contributed by atoms with Crippen molar-refractivity contribution < 1.29 is 23.7 Å². The largest absolute Gasteiger partial charge is 0.461 e. The van der Waals surface area contributed by atoms with Crippen molar-refractivity contribution in [1.29, 1.82) is 0 Å². The molecule has 0 spiro atoms. The molecule has 1 N–H and O–H groups in total. The van der Waals surface area contributed by atoms with Crippen LogP contribution in [0.4, 0.5) is 0 Å². The predicted molar refractivity (Wildman–Crippen MR) is 61.6 cm³/mol. The Balaban J connectivity index is 1.93. The second-order valence-corrected chi connectivity index (χ2v) is 3.54. The first-order valence-electron chi connectivity index (χ1n) is 5.69. The van der Waals surface area contributed by atoms with Crippen molar-refractivity contribution in [2.75, 3.05) is 33.5 Å². The molecule has 5 nitrogen and oxygen atoms in total. The van der Waals surface area contributed by atoms with Crippen LogP contribution in [0.3, 0.4) is 0 Å². The molecule has 0 radical (unpaired) electrons. The Kier molecular flexibility index (Phi) is 7.66. The van der Waals surface area contributed by atoms with E-state index in [1.807, 2.05) is 0 Å². The first kappa shape index (κ1) is 14.2. The lowest BCUT2D eigenvalue weighted by atomic mass is 10.4. The molecule has 1 heterocycles. The summed E-state index contributed by atoms with van der Waals surface area (Å²) in [5, 5.41) is 8.80. The van der Waals surface area contributed by atoms with Gasteiger partial charge in [-0.2, -0.15) is 0 Å². The number of hydrogen-bond donors (Lipinski definition) is 1. The summed E-state index contributed by atoms with van der Waals surface area (Å²) < 4.78 is 20.8. The molecular formula is C12H20O5. The summed E-state index contributed by atoms with van der Waals surface area (Å²) in [5.74, 6) is 1.29. The van der Waals surface area contributed by atoms with E-state index in [1.165, 1.54) is 0 Å². The second kappa shape index (κ2) is 9.18. The summed E-state index contributed by atoms with van der Waals surface area (Å²) in [6.07, 6.45) is 0.845. The first-order valence-corrected chi connectivity index (χ1v) is 5.69. The maximum absolute atomic E-state index is 8.80. The van der Waals surface area contributed by atoms with Crippen molar-refractivity contribution >= 4 is 0 Å². The summed E-state index contributed by atoms with van der Waals surface area (Å²) in [5.41, 5.74) is 0. The Bertz CT molecular complexity index is 284. The molecule has 1 aromatic heterocycles. The standard InChI is InChI=1S/C12H20O5/c1-14-7-8-15-5-2-6-16-10-12-4-3-11(9-13)17-12/h3-4,13H,2,5-10H2,1H3. The van der Waals surface area contributed by atoms with E-state index in [9.17, 15) is 0 Å². The fourth-order valence-corrected chi connectivity index (χ4v) is 1.27. The number of furan rings is 1. The van der Waals surface area contributed by atoms with Crippen LogP contribution in [0.1, 0.15) is 17.9 Å². The van der Waals surface area contributed by atoms with Gasteiger partial charge in [0.15, 0.2) is 0 Å². The van der Waals surface area contributed by atoms with Crippen LogP contribution in [-0.2, 0) is 27.4 Å². The van der Waals surface area contributed by atoms with Crippen LogP contribution < -0.4 is 0 Å². The number of aliphatic hydroxyl groups is 1. The van der Waals surface area contributed by atoms with Gasteiger partial charge in [0, 0.05) is 20.3 Å². The average Bonchev–Trinajstić information content (AvgIpc) is 2.80. The SMILES string of the molecule is COCCOCCCOCc1ccc(CO)o1. The van der Waals surface area contributed by atoms with Crippen LogP contribution in [-0.4, -0.2) is 38.6 Å². The summed E-state index contributed by atoms with van der Waals surface area (Å²) in [7, 11) is 1.65. The number of hydrogen-bond acceptors (Lipinski definition) is 5. The third kappa shape index (κ3) is 6.43. The van der Waals surface area contributed by atoms with E-state index < -0.39 is 0 Å². The van der Waals surface area contributed by atoms with Gasteiger partial charge in [-0.1, -0.05) is 0 Å². The van der Waals surface area contributed by atoms with Crippen LogP contribution in [0.25, 0.3) is 0 Å². The Morgan fingerprint density at radius 1 is 1.06 bits per heavy atom. The Morgan fingerprint density at radius 2 is 1.82 bits per heavy atom. The van der Waals surface area contributed by atoms with Crippen molar-refractivity contribution in [2.24, 2.45) is 0 Å². The van der Waals surface area contributed by atoms with Gasteiger partial charge in [0.2, 0.25) is 0 Å². The van der Waals surface area contributed by atoms with Crippen LogP contribution >= 0.6 is 0 Å². The minimum absolute atomic E-state index is 0.0761. The van der Waals surface area contributed by atoms with Gasteiger partial charge >= 0.3 is 0 Å². The molecule has 0 unspecified atom stereocenters. The number of aliphatic hydroxyl groups excluding tert-OH is 1. The Morgan fingerprint density at radius 3 is 2.53 bits per heavy atom. The van der Waals surface area contributed by atoms with Crippen molar-refractivity contribution in [2.45, 2.75) is 19.6 Å². The molecule has 0 bridgehead atoms. The highest BCUT2D eigenvalue weighted by atomic mass is 16.5. The minimum atomic E-state index is -0.0761. The molecule has 1 rings (SSSR count). The zero-order chi connectivity index (χ0) is 12.3. The molecule has 0 amide bonds. The molecule has 1 aromatic rings. The highest BCUT2D eigenvalue weighted by molar-refractivity contribution is 5.05. The molecule has 0 aromatic carbocycles. The summed E-state index contributed by atoms with van der Waals surface area (Å²) in [6.45, 7) is 2.89. The zero-order valence-corrected chi connectivity index (χ0v) is 10.2. The predicted octanol–water partition coefficient (Wildman–Crippen LogP) is 1.34. The van der Waals surface area contributed by atoms with Crippen LogP contribution in [0.5, 0.6) is 0 Å². The molecule has 98 valence electrons. The minimum Gasteiger partial charge on any atom is -0.461 e. The highest BCUT2D eigenvalue weighted by Gasteiger charge is 2.00. The molecule has 0 saturated heterocycles.